The highest BCUT2D eigenvalue weighted by Gasteiger charge is 2.20. The third-order valence-electron chi connectivity index (χ3n) is 3.27. The number of ether oxygens (including phenoxy) is 1. The van der Waals surface area contributed by atoms with Gasteiger partial charge in [0.1, 0.15) is 0 Å². The molecule has 1 aromatic heterocycles. The van der Waals surface area contributed by atoms with Gasteiger partial charge >= 0.3 is 0 Å². The number of carbonyl (C=O) groups excluding carboxylic acids is 2. The normalized spacial score (nSPS) is 19.6. The van der Waals surface area contributed by atoms with Crippen LogP contribution in [-0.2, 0) is 14.3 Å². The van der Waals surface area contributed by atoms with Crippen LogP contribution in [0.25, 0.3) is 0 Å². The molecular formula is C14H20N2O3S. The Labute approximate surface area is 122 Å². The van der Waals surface area contributed by atoms with Gasteiger partial charge in [0.15, 0.2) is 0 Å². The molecule has 0 bridgehead atoms. The number of thiophene rings is 1. The van der Waals surface area contributed by atoms with Crippen LogP contribution in [0.4, 0.5) is 0 Å². The number of rotatable bonds is 6. The minimum absolute atomic E-state index is 0.0379. The molecule has 2 atom stereocenters. The van der Waals surface area contributed by atoms with Crippen LogP contribution in [0.2, 0.25) is 0 Å². The summed E-state index contributed by atoms with van der Waals surface area (Å²) < 4.78 is 5.28. The second-order valence-corrected chi connectivity index (χ2v) is 5.99. The highest BCUT2D eigenvalue weighted by Crippen LogP contribution is 2.22. The van der Waals surface area contributed by atoms with Crippen molar-refractivity contribution in [1.82, 2.24) is 10.6 Å². The van der Waals surface area contributed by atoms with E-state index in [1.807, 2.05) is 17.5 Å². The van der Waals surface area contributed by atoms with Crippen LogP contribution in [0, 0.1) is 5.92 Å². The van der Waals surface area contributed by atoms with E-state index in [1.54, 1.807) is 11.3 Å². The van der Waals surface area contributed by atoms with E-state index in [2.05, 4.69) is 10.6 Å². The van der Waals surface area contributed by atoms with Crippen molar-refractivity contribution in [3.63, 3.8) is 0 Å². The van der Waals surface area contributed by atoms with E-state index in [0.717, 1.165) is 24.5 Å². The molecule has 0 aromatic carbocycles. The average molecular weight is 296 g/mol. The zero-order valence-corrected chi connectivity index (χ0v) is 12.4. The van der Waals surface area contributed by atoms with Crippen molar-refractivity contribution in [3.8, 4) is 0 Å². The summed E-state index contributed by atoms with van der Waals surface area (Å²) in [5, 5.41) is 7.69. The largest absolute Gasteiger partial charge is 0.381 e. The summed E-state index contributed by atoms with van der Waals surface area (Å²) in [5.41, 5.74) is 0. The molecule has 2 heterocycles. The molecule has 2 N–H and O–H groups in total. The van der Waals surface area contributed by atoms with Gasteiger partial charge in [-0.1, -0.05) is 6.07 Å². The van der Waals surface area contributed by atoms with Crippen LogP contribution >= 0.6 is 11.3 Å². The van der Waals surface area contributed by atoms with Crippen LogP contribution in [0.3, 0.4) is 0 Å². The minimum Gasteiger partial charge on any atom is -0.381 e. The molecule has 2 amide bonds. The molecule has 1 fully saturated rings. The molecule has 6 heteroatoms. The van der Waals surface area contributed by atoms with Gasteiger partial charge in [-0.25, -0.2) is 0 Å². The van der Waals surface area contributed by atoms with Gasteiger partial charge in [0, 0.05) is 30.9 Å². The number of carbonyl (C=O) groups is 2. The summed E-state index contributed by atoms with van der Waals surface area (Å²) in [7, 11) is 0. The number of nitrogens with one attached hydrogen (secondary N) is 2. The van der Waals surface area contributed by atoms with Gasteiger partial charge < -0.3 is 15.4 Å². The summed E-state index contributed by atoms with van der Waals surface area (Å²) in [6, 6.07) is 3.61. The molecule has 1 aliphatic heterocycles. The highest BCUT2D eigenvalue weighted by atomic mass is 32.1. The molecule has 0 spiro atoms. The van der Waals surface area contributed by atoms with E-state index in [-0.39, 0.29) is 24.3 Å². The number of hydrogen-bond donors (Lipinski definition) is 2. The summed E-state index contributed by atoms with van der Waals surface area (Å²) in [6.45, 7) is 3.62. The van der Waals surface area contributed by atoms with Gasteiger partial charge in [0.25, 0.3) is 0 Å². The van der Waals surface area contributed by atoms with E-state index < -0.39 is 0 Å². The highest BCUT2D eigenvalue weighted by molar-refractivity contribution is 7.10. The van der Waals surface area contributed by atoms with Gasteiger partial charge in [-0.15, -0.1) is 11.3 Å². The standard InChI is InChI=1S/C14H20N2O3S/c1-10(17)16-12(13-3-2-6-20-13)7-14(18)15-8-11-4-5-19-9-11/h2-3,6,11-12H,4-5,7-9H2,1H3,(H,15,18)(H,16,17). The Morgan fingerprint density at radius 3 is 3.00 bits per heavy atom. The molecule has 5 nitrogen and oxygen atoms in total. The fourth-order valence-electron chi connectivity index (χ4n) is 2.22. The van der Waals surface area contributed by atoms with Gasteiger partial charge in [0.2, 0.25) is 11.8 Å². The van der Waals surface area contributed by atoms with Crippen molar-refractivity contribution in [3.05, 3.63) is 22.4 Å². The van der Waals surface area contributed by atoms with Gasteiger partial charge in [0.05, 0.1) is 19.1 Å². The Kier molecular flexibility index (Phi) is 5.55. The molecule has 2 rings (SSSR count). The fourth-order valence-corrected chi connectivity index (χ4v) is 3.00. The van der Waals surface area contributed by atoms with Crippen molar-refractivity contribution in [2.75, 3.05) is 19.8 Å². The minimum atomic E-state index is -0.243. The van der Waals surface area contributed by atoms with E-state index in [1.165, 1.54) is 6.92 Å². The maximum Gasteiger partial charge on any atom is 0.222 e. The summed E-state index contributed by atoms with van der Waals surface area (Å²) >= 11 is 1.54. The van der Waals surface area contributed by atoms with Gasteiger partial charge in [-0.2, -0.15) is 0 Å². The second-order valence-electron chi connectivity index (χ2n) is 5.01. The predicted molar refractivity (Wildman–Crippen MR) is 77.4 cm³/mol. The molecule has 110 valence electrons. The third-order valence-corrected chi connectivity index (χ3v) is 4.25. The van der Waals surface area contributed by atoms with Crippen LogP contribution in [0.1, 0.15) is 30.7 Å². The lowest BCUT2D eigenvalue weighted by Gasteiger charge is -2.17. The first-order chi connectivity index (χ1) is 9.65. The molecule has 1 aromatic rings. The van der Waals surface area contributed by atoms with E-state index >= 15 is 0 Å². The van der Waals surface area contributed by atoms with Crippen molar-refractivity contribution in [1.29, 1.82) is 0 Å². The SMILES string of the molecule is CC(=O)NC(CC(=O)NCC1CCOC1)c1cccs1. The van der Waals surface area contributed by atoms with E-state index in [0.29, 0.717) is 12.5 Å². The van der Waals surface area contributed by atoms with Gasteiger partial charge in [-0.3, -0.25) is 9.59 Å². The summed E-state index contributed by atoms with van der Waals surface area (Å²) in [5.74, 6) is 0.254. The Morgan fingerprint density at radius 1 is 1.55 bits per heavy atom. The maximum absolute atomic E-state index is 12.0. The van der Waals surface area contributed by atoms with E-state index in [9.17, 15) is 9.59 Å². The Morgan fingerprint density at radius 2 is 2.40 bits per heavy atom. The smallest absolute Gasteiger partial charge is 0.222 e. The Bertz CT molecular complexity index is 441. The van der Waals surface area contributed by atoms with Crippen LogP contribution in [0.15, 0.2) is 17.5 Å². The molecule has 2 unspecified atom stereocenters. The molecule has 1 saturated heterocycles. The molecule has 20 heavy (non-hydrogen) atoms. The molecular weight excluding hydrogens is 276 g/mol. The fraction of sp³-hybridized carbons (Fsp3) is 0.571. The lowest BCUT2D eigenvalue weighted by molar-refractivity contribution is -0.122. The van der Waals surface area contributed by atoms with Crippen molar-refractivity contribution < 1.29 is 14.3 Å². The summed E-state index contributed by atoms with van der Waals surface area (Å²) in [6.07, 6.45) is 1.27. The van der Waals surface area contributed by atoms with Crippen molar-refractivity contribution in [2.24, 2.45) is 5.92 Å². The Balaban J connectivity index is 1.83. The molecule has 0 radical (unpaired) electrons. The van der Waals surface area contributed by atoms with E-state index in [4.69, 9.17) is 4.74 Å². The summed E-state index contributed by atoms with van der Waals surface area (Å²) in [4.78, 5) is 24.2. The quantitative estimate of drug-likeness (QED) is 0.835. The maximum atomic E-state index is 12.0. The number of amides is 2. The van der Waals surface area contributed by atoms with Gasteiger partial charge in [-0.05, 0) is 17.9 Å². The topological polar surface area (TPSA) is 67.4 Å². The predicted octanol–water partition coefficient (Wildman–Crippen LogP) is 1.47. The molecule has 1 aliphatic rings. The first-order valence-corrected chi connectivity index (χ1v) is 7.68. The zero-order valence-electron chi connectivity index (χ0n) is 11.6. The Hall–Kier alpha value is -1.40. The van der Waals surface area contributed by atoms with Crippen LogP contribution in [0.5, 0.6) is 0 Å². The molecule has 0 saturated carbocycles. The van der Waals surface area contributed by atoms with Crippen LogP contribution < -0.4 is 10.6 Å². The third kappa shape index (κ3) is 4.61. The lowest BCUT2D eigenvalue weighted by Crippen LogP contribution is -2.34. The van der Waals surface area contributed by atoms with Crippen molar-refractivity contribution >= 4 is 23.2 Å². The van der Waals surface area contributed by atoms with Crippen molar-refractivity contribution in [2.45, 2.75) is 25.8 Å². The first kappa shape index (κ1) is 15.0. The second kappa shape index (κ2) is 7.40. The monoisotopic (exact) mass is 296 g/mol. The zero-order chi connectivity index (χ0) is 14.4. The van der Waals surface area contributed by atoms with Crippen LogP contribution in [-0.4, -0.2) is 31.6 Å². The number of hydrogen-bond acceptors (Lipinski definition) is 4. The average Bonchev–Trinajstić information content (AvgIpc) is 3.08. The molecule has 0 aliphatic carbocycles. The first-order valence-electron chi connectivity index (χ1n) is 6.80. The lowest BCUT2D eigenvalue weighted by atomic mass is 10.1.